The van der Waals surface area contributed by atoms with Crippen molar-refractivity contribution in [1.82, 2.24) is 14.8 Å². The fourth-order valence-electron chi connectivity index (χ4n) is 1.24. The van der Waals surface area contributed by atoms with Gasteiger partial charge in [-0.25, -0.2) is 0 Å². The standard InChI is InChI=1S/C10H19N3O2/c1-9(2)6-13-8-11-12-10(13)7-15-5-4-14-3/h8-9H,4-7H2,1-3H3. The van der Waals surface area contributed by atoms with E-state index in [0.29, 0.717) is 25.7 Å². The van der Waals surface area contributed by atoms with Crippen LogP contribution >= 0.6 is 0 Å². The average molecular weight is 213 g/mol. The highest BCUT2D eigenvalue weighted by atomic mass is 16.5. The van der Waals surface area contributed by atoms with Crippen LogP contribution in [0.1, 0.15) is 19.7 Å². The summed E-state index contributed by atoms with van der Waals surface area (Å²) >= 11 is 0. The largest absolute Gasteiger partial charge is 0.382 e. The summed E-state index contributed by atoms with van der Waals surface area (Å²) in [6, 6.07) is 0. The molecule has 1 aromatic heterocycles. The van der Waals surface area contributed by atoms with Gasteiger partial charge in [0.2, 0.25) is 0 Å². The summed E-state index contributed by atoms with van der Waals surface area (Å²) in [5.41, 5.74) is 0. The average Bonchev–Trinajstić information content (AvgIpc) is 2.59. The van der Waals surface area contributed by atoms with Gasteiger partial charge in [0.1, 0.15) is 12.9 Å². The third kappa shape index (κ3) is 4.40. The molecule has 0 radical (unpaired) electrons. The van der Waals surface area contributed by atoms with Crippen molar-refractivity contribution in [2.45, 2.75) is 27.0 Å². The molecule has 0 saturated heterocycles. The Labute approximate surface area is 90.4 Å². The summed E-state index contributed by atoms with van der Waals surface area (Å²) in [4.78, 5) is 0. The van der Waals surface area contributed by atoms with Gasteiger partial charge in [-0.05, 0) is 5.92 Å². The summed E-state index contributed by atoms with van der Waals surface area (Å²) in [5, 5.41) is 7.89. The van der Waals surface area contributed by atoms with Crippen LogP contribution in [-0.4, -0.2) is 35.1 Å². The number of nitrogens with zero attached hydrogens (tertiary/aromatic N) is 3. The van der Waals surface area contributed by atoms with Crippen molar-refractivity contribution in [2.75, 3.05) is 20.3 Å². The molecule has 0 aliphatic rings. The van der Waals surface area contributed by atoms with Crippen molar-refractivity contribution >= 4 is 0 Å². The molecule has 0 N–H and O–H groups in total. The number of hydrogen-bond donors (Lipinski definition) is 0. The van der Waals surface area contributed by atoms with E-state index in [-0.39, 0.29) is 0 Å². The maximum absolute atomic E-state index is 5.39. The molecule has 15 heavy (non-hydrogen) atoms. The third-order valence-electron chi connectivity index (χ3n) is 1.92. The van der Waals surface area contributed by atoms with Crippen LogP contribution in [0.2, 0.25) is 0 Å². The molecular formula is C10H19N3O2. The number of rotatable bonds is 7. The highest BCUT2D eigenvalue weighted by Crippen LogP contribution is 2.03. The minimum absolute atomic E-state index is 0.496. The fraction of sp³-hybridized carbons (Fsp3) is 0.800. The molecule has 0 aliphatic carbocycles. The van der Waals surface area contributed by atoms with Gasteiger partial charge in [0, 0.05) is 13.7 Å². The van der Waals surface area contributed by atoms with Gasteiger partial charge in [0.25, 0.3) is 0 Å². The first-order valence-electron chi connectivity index (χ1n) is 5.17. The van der Waals surface area contributed by atoms with Gasteiger partial charge in [0.05, 0.1) is 13.2 Å². The van der Waals surface area contributed by atoms with Crippen LogP contribution in [0.25, 0.3) is 0 Å². The Morgan fingerprint density at radius 3 is 2.87 bits per heavy atom. The molecule has 1 aromatic rings. The van der Waals surface area contributed by atoms with E-state index in [1.807, 2.05) is 4.57 Å². The Morgan fingerprint density at radius 1 is 1.40 bits per heavy atom. The predicted octanol–water partition coefficient (Wildman–Crippen LogP) is 1.10. The minimum atomic E-state index is 0.496. The van der Waals surface area contributed by atoms with Gasteiger partial charge >= 0.3 is 0 Å². The first-order valence-corrected chi connectivity index (χ1v) is 5.17. The van der Waals surface area contributed by atoms with Crippen LogP contribution in [0.3, 0.4) is 0 Å². The lowest BCUT2D eigenvalue weighted by molar-refractivity contribution is 0.0569. The van der Waals surface area contributed by atoms with E-state index in [1.54, 1.807) is 13.4 Å². The lowest BCUT2D eigenvalue weighted by Crippen LogP contribution is -2.10. The first-order chi connectivity index (χ1) is 7.24. The molecule has 1 heterocycles. The topological polar surface area (TPSA) is 49.2 Å². The molecule has 0 spiro atoms. The molecule has 1 rings (SSSR count). The molecule has 0 aliphatic heterocycles. The Kier molecular flexibility index (Phi) is 5.28. The van der Waals surface area contributed by atoms with Crippen LogP contribution in [0.5, 0.6) is 0 Å². The third-order valence-corrected chi connectivity index (χ3v) is 1.92. The SMILES string of the molecule is COCCOCc1nncn1CC(C)C. The van der Waals surface area contributed by atoms with E-state index in [9.17, 15) is 0 Å². The number of methoxy groups -OCH3 is 1. The van der Waals surface area contributed by atoms with E-state index >= 15 is 0 Å². The predicted molar refractivity (Wildman–Crippen MR) is 56.4 cm³/mol. The molecule has 0 bridgehead atoms. The van der Waals surface area contributed by atoms with Gasteiger partial charge in [-0.1, -0.05) is 13.8 Å². The summed E-state index contributed by atoms with van der Waals surface area (Å²) in [7, 11) is 1.66. The first kappa shape index (κ1) is 12.1. The van der Waals surface area contributed by atoms with E-state index in [1.165, 1.54) is 0 Å². The van der Waals surface area contributed by atoms with E-state index < -0.39 is 0 Å². The summed E-state index contributed by atoms with van der Waals surface area (Å²) < 4.78 is 12.3. The van der Waals surface area contributed by atoms with Crippen LogP contribution in [0.4, 0.5) is 0 Å². The summed E-state index contributed by atoms with van der Waals surface area (Å²) in [6.07, 6.45) is 1.75. The molecule has 0 atom stereocenters. The Hall–Kier alpha value is -0.940. The van der Waals surface area contributed by atoms with Crippen molar-refractivity contribution < 1.29 is 9.47 Å². The monoisotopic (exact) mass is 213 g/mol. The van der Waals surface area contributed by atoms with E-state index in [2.05, 4.69) is 24.0 Å². The van der Waals surface area contributed by atoms with Crippen LogP contribution < -0.4 is 0 Å². The second-order valence-electron chi connectivity index (χ2n) is 3.84. The van der Waals surface area contributed by atoms with Gasteiger partial charge in [-0.3, -0.25) is 0 Å². The quantitative estimate of drug-likeness (QED) is 0.636. The number of aromatic nitrogens is 3. The van der Waals surface area contributed by atoms with Gasteiger partial charge in [-0.15, -0.1) is 10.2 Å². The Morgan fingerprint density at radius 2 is 2.20 bits per heavy atom. The van der Waals surface area contributed by atoms with Crippen molar-refractivity contribution in [3.63, 3.8) is 0 Å². The molecule has 0 amide bonds. The van der Waals surface area contributed by atoms with E-state index in [4.69, 9.17) is 9.47 Å². The van der Waals surface area contributed by atoms with Gasteiger partial charge in [-0.2, -0.15) is 0 Å². The fourth-order valence-corrected chi connectivity index (χ4v) is 1.24. The van der Waals surface area contributed by atoms with Crippen molar-refractivity contribution in [3.05, 3.63) is 12.2 Å². The van der Waals surface area contributed by atoms with Crippen molar-refractivity contribution in [2.24, 2.45) is 5.92 Å². The van der Waals surface area contributed by atoms with Crippen LogP contribution in [-0.2, 0) is 22.6 Å². The second-order valence-corrected chi connectivity index (χ2v) is 3.84. The molecule has 0 saturated carbocycles. The summed E-state index contributed by atoms with van der Waals surface area (Å²) in [6.45, 7) is 6.94. The number of ether oxygens (including phenoxy) is 2. The zero-order chi connectivity index (χ0) is 11.1. The van der Waals surface area contributed by atoms with E-state index in [0.717, 1.165) is 12.4 Å². The minimum Gasteiger partial charge on any atom is -0.382 e. The lowest BCUT2D eigenvalue weighted by atomic mass is 10.2. The van der Waals surface area contributed by atoms with Crippen molar-refractivity contribution in [3.8, 4) is 0 Å². The normalized spacial score (nSPS) is 11.2. The Balaban J connectivity index is 2.36. The van der Waals surface area contributed by atoms with Crippen LogP contribution in [0, 0.1) is 5.92 Å². The maximum Gasteiger partial charge on any atom is 0.158 e. The summed E-state index contributed by atoms with van der Waals surface area (Å²) in [5.74, 6) is 1.46. The van der Waals surface area contributed by atoms with Crippen molar-refractivity contribution in [1.29, 1.82) is 0 Å². The smallest absolute Gasteiger partial charge is 0.158 e. The zero-order valence-corrected chi connectivity index (χ0v) is 9.64. The molecule has 86 valence electrons. The van der Waals surface area contributed by atoms with Gasteiger partial charge < -0.3 is 14.0 Å². The molecular weight excluding hydrogens is 194 g/mol. The Bertz CT molecular complexity index is 273. The molecule has 0 fully saturated rings. The highest BCUT2D eigenvalue weighted by Gasteiger charge is 2.05. The van der Waals surface area contributed by atoms with Crippen LogP contribution in [0.15, 0.2) is 6.33 Å². The van der Waals surface area contributed by atoms with Gasteiger partial charge in [0.15, 0.2) is 5.82 Å². The molecule has 5 nitrogen and oxygen atoms in total. The highest BCUT2D eigenvalue weighted by molar-refractivity contribution is 4.83. The molecule has 0 unspecified atom stereocenters. The second kappa shape index (κ2) is 6.53. The molecule has 5 heteroatoms. The maximum atomic E-state index is 5.39. The zero-order valence-electron chi connectivity index (χ0n) is 9.64. The molecule has 0 aromatic carbocycles. The number of hydrogen-bond acceptors (Lipinski definition) is 4. The lowest BCUT2D eigenvalue weighted by Gasteiger charge is -2.09.